The summed E-state index contributed by atoms with van der Waals surface area (Å²) in [4.78, 5) is 13.1. The van der Waals surface area contributed by atoms with Gasteiger partial charge < -0.3 is 9.47 Å². The third-order valence-electron chi connectivity index (χ3n) is 6.73. The fourth-order valence-corrected chi connectivity index (χ4v) is 4.55. The number of amides is 1. The van der Waals surface area contributed by atoms with Crippen molar-refractivity contribution in [2.75, 3.05) is 14.2 Å². The zero-order valence-corrected chi connectivity index (χ0v) is 23.5. The summed E-state index contributed by atoms with van der Waals surface area (Å²) in [6, 6.07) is 32.2. The molecule has 4 aromatic carbocycles. The lowest BCUT2D eigenvalue weighted by Gasteiger charge is -2.09. The Bertz CT molecular complexity index is 1900. The van der Waals surface area contributed by atoms with Crippen LogP contribution < -0.4 is 14.9 Å². The fraction of sp³-hybridized carbons (Fsp3) is 0.0606. The Labute approximate surface area is 247 Å². The van der Waals surface area contributed by atoms with Crippen molar-refractivity contribution in [1.82, 2.24) is 30.2 Å². The summed E-state index contributed by atoms with van der Waals surface area (Å²) in [6.45, 7) is 0. The molecule has 0 atom stereocenters. The number of nitrogens with zero attached hydrogens (tertiary/aromatic N) is 6. The molecule has 10 nitrogen and oxygen atoms in total. The Balaban J connectivity index is 1.24. The van der Waals surface area contributed by atoms with Crippen LogP contribution in [0.4, 0.5) is 0 Å². The van der Waals surface area contributed by atoms with Gasteiger partial charge in [0.2, 0.25) is 0 Å². The maximum Gasteiger partial charge on any atom is 0.271 e. The SMILES string of the molecule is COc1ccc(-c2nn(-c3ccccc3)cc2/C=N/NC(=O)c2cccc(-n3cc(-c4ccccc4)nn3)c2)cc1OC. The number of aromatic nitrogens is 5. The van der Waals surface area contributed by atoms with Crippen molar-refractivity contribution < 1.29 is 14.3 Å². The minimum atomic E-state index is -0.371. The predicted molar refractivity (Wildman–Crippen MR) is 164 cm³/mol. The molecule has 0 spiro atoms. The molecule has 0 unspecified atom stereocenters. The van der Waals surface area contributed by atoms with Gasteiger partial charge in [-0.2, -0.15) is 10.2 Å². The van der Waals surface area contributed by atoms with E-state index < -0.39 is 0 Å². The van der Waals surface area contributed by atoms with Crippen LogP contribution >= 0.6 is 0 Å². The van der Waals surface area contributed by atoms with Gasteiger partial charge in [0.15, 0.2) is 11.5 Å². The van der Waals surface area contributed by atoms with Crippen LogP contribution in [-0.2, 0) is 0 Å². The highest BCUT2D eigenvalue weighted by atomic mass is 16.5. The zero-order valence-electron chi connectivity index (χ0n) is 23.5. The molecule has 1 amide bonds. The lowest BCUT2D eigenvalue weighted by molar-refractivity contribution is 0.0955. The second kappa shape index (κ2) is 12.2. The number of hydrazone groups is 1. The van der Waals surface area contributed by atoms with E-state index in [0.29, 0.717) is 34.0 Å². The highest BCUT2D eigenvalue weighted by Gasteiger charge is 2.15. The summed E-state index contributed by atoms with van der Waals surface area (Å²) in [5.41, 5.74) is 8.48. The molecule has 2 aromatic heterocycles. The van der Waals surface area contributed by atoms with E-state index in [1.165, 1.54) is 0 Å². The zero-order chi connectivity index (χ0) is 29.6. The first-order valence-corrected chi connectivity index (χ1v) is 13.4. The third-order valence-corrected chi connectivity index (χ3v) is 6.73. The van der Waals surface area contributed by atoms with Gasteiger partial charge in [0.05, 0.1) is 38.0 Å². The van der Waals surface area contributed by atoms with E-state index in [9.17, 15) is 4.79 Å². The Hall–Kier alpha value is -6.03. The normalized spacial score (nSPS) is 11.0. The summed E-state index contributed by atoms with van der Waals surface area (Å²) in [7, 11) is 3.17. The summed E-state index contributed by atoms with van der Waals surface area (Å²) in [6.07, 6.45) is 5.25. The molecule has 0 aliphatic rings. The smallest absolute Gasteiger partial charge is 0.271 e. The average Bonchev–Trinajstić information content (AvgIpc) is 3.74. The third kappa shape index (κ3) is 5.89. The van der Waals surface area contributed by atoms with Gasteiger partial charge in [-0.15, -0.1) is 5.10 Å². The first-order chi connectivity index (χ1) is 21.1. The van der Waals surface area contributed by atoms with Crippen molar-refractivity contribution in [3.8, 4) is 45.4 Å². The van der Waals surface area contributed by atoms with E-state index in [1.54, 1.807) is 48.0 Å². The molecule has 0 fully saturated rings. The number of hydrogen-bond donors (Lipinski definition) is 1. The lowest BCUT2D eigenvalue weighted by atomic mass is 10.1. The number of hydrogen-bond acceptors (Lipinski definition) is 7. The molecule has 0 bridgehead atoms. The number of nitrogens with one attached hydrogen (secondary N) is 1. The van der Waals surface area contributed by atoms with Crippen molar-refractivity contribution in [3.05, 3.63) is 127 Å². The topological polar surface area (TPSA) is 108 Å². The predicted octanol–water partition coefficient (Wildman–Crippen LogP) is 5.57. The number of rotatable bonds is 9. The molecule has 0 aliphatic carbocycles. The van der Waals surface area contributed by atoms with Gasteiger partial charge in [-0.05, 0) is 48.5 Å². The Morgan fingerprint density at radius 1 is 0.767 bits per heavy atom. The molecule has 0 saturated carbocycles. The number of carbonyl (C=O) groups is 1. The van der Waals surface area contributed by atoms with Crippen LogP contribution in [0.5, 0.6) is 11.5 Å². The van der Waals surface area contributed by atoms with E-state index in [1.807, 2.05) is 97.3 Å². The van der Waals surface area contributed by atoms with Gasteiger partial charge in [-0.1, -0.05) is 59.8 Å². The number of ether oxygens (including phenoxy) is 2. The summed E-state index contributed by atoms with van der Waals surface area (Å²) in [5, 5.41) is 17.6. The Kier molecular flexibility index (Phi) is 7.72. The van der Waals surface area contributed by atoms with E-state index in [2.05, 4.69) is 20.8 Å². The number of benzene rings is 4. The van der Waals surface area contributed by atoms with Crippen molar-refractivity contribution >= 4 is 12.1 Å². The van der Waals surface area contributed by atoms with E-state index >= 15 is 0 Å². The Morgan fingerprint density at radius 2 is 1.51 bits per heavy atom. The molecule has 0 radical (unpaired) electrons. The van der Waals surface area contributed by atoms with Gasteiger partial charge in [0.25, 0.3) is 5.91 Å². The maximum absolute atomic E-state index is 13.1. The van der Waals surface area contributed by atoms with E-state index in [0.717, 1.165) is 22.5 Å². The summed E-state index contributed by atoms with van der Waals surface area (Å²) in [5.74, 6) is 0.818. The van der Waals surface area contributed by atoms with Gasteiger partial charge in [-0.25, -0.2) is 14.8 Å². The van der Waals surface area contributed by atoms with Crippen LogP contribution in [0.15, 0.2) is 121 Å². The quantitative estimate of drug-likeness (QED) is 0.180. The molecule has 1 N–H and O–H groups in total. The first-order valence-electron chi connectivity index (χ1n) is 13.4. The van der Waals surface area contributed by atoms with Gasteiger partial charge in [-0.3, -0.25) is 4.79 Å². The van der Waals surface area contributed by atoms with Crippen LogP contribution in [0.3, 0.4) is 0 Å². The van der Waals surface area contributed by atoms with Gasteiger partial charge >= 0.3 is 0 Å². The molecule has 6 rings (SSSR count). The van der Waals surface area contributed by atoms with Crippen molar-refractivity contribution in [1.29, 1.82) is 0 Å². The molecule has 2 heterocycles. The van der Waals surface area contributed by atoms with Crippen LogP contribution in [0, 0.1) is 0 Å². The highest BCUT2D eigenvalue weighted by molar-refractivity contribution is 5.96. The molecule has 6 aromatic rings. The molecule has 43 heavy (non-hydrogen) atoms. The van der Waals surface area contributed by atoms with Crippen LogP contribution in [-0.4, -0.2) is 51.1 Å². The lowest BCUT2D eigenvalue weighted by Crippen LogP contribution is -2.17. The highest BCUT2D eigenvalue weighted by Crippen LogP contribution is 2.33. The maximum atomic E-state index is 13.1. The number of methoxy groups -OCH3 is 2. The molecule has 0 aliphatic heterocycles. The molecular weight excluding hydrogens is 542 g/mol. The van der Waals surface area contributed by atoms with E-state index in [4.69, 9.17) is 14.6 Å². The van der Waals surface area contributed by atoms with Crippen molar-refractivity contribution in [2.24, 2.45) is 5.10 Å². The fourth-order valence-electron chi connectivity index (χ4n) is 4.55. The van der Waals surface area contributed by atoms with Gasteiger partial charge in [0, 0.05) is 28.5 Å². The molecule has 0 saturated heterocycles. The average molecular weight is 570 g/mol. The molecular formula is C33H27N7O3. The molecule has 212 valence electrons. The number of carbonyl (C=O) groups excluding carboxylic acids is 1. The van der Waals surface area contributed by atoms with Crippen molar-refractivity contribution in [3.63, 3.8) is 0 Å². The monoisotopic (exact) mass is 569 g/mol. The summed E-state index contributed by atoms with van der Waals surface area (Å²) < 4.78 is 14.3. The standard InChI is InChI=1S/C33H27N7O3/c1-42-30-17-16-24(19-31(30)43-2)32-26(21-39(37-32)27-13-7-4-8-14-27)20-34-36-33(41)25-12-9-15-28(18-25)40-22-29(35-38-40)23-10-5-3-6-11-23/h3-22H,1-2H3,(H,36,41)/b34-20+. The second-order valence-corrected chi connectivity index (χ2v) is 9.45. The second-order valence-electron chi connectivity index (χ2n) is 9.45. The minimum absolute atomic E-state index is 0.371. The summed E-state index contributed by atoms with van der Waals surface area (Å²) >= 11 is 0. The minimum Gasteiger partial charge on any atom is -0.493 e. The number of para-hydroxylation sites is 1. The Morgan fingerprint density at radius 3 is 2.28 bits per heavy atom. The van der Waals surface area contributed by atoms with Crippen molar-refractivity contribution in [2.45, 2.75) is 0 Å². The van der Waals surface area contributed by atoms with Crippen LogP contribution in [0.2, 0.25) is 0 Å². The van der Waals surface area contributed by atoms with Gasteiger partial charge in [0.1, 0.15) is 11.4 Å². The van der Waals surface area contributed by atoms with Crippen LogP contribution in [0.25, 0.3) is 33.9 Å². The largest absolute Gasteiger partial charge is 0.493 e. The first kappa shape index (κ1) is 27.2. The molecule has 10 heteroatoms. The van der Waals surface area contributed by atoms with Crippen LogP contribution in [0.1, 0.15) is 15.9 Å². The van der Waals surface area contributed by atoms with E-state index in [-0.39, 0.29) is 5.91 Å².